The summed E-state index contributed by atoms with van der Waals surface area (Å²) in [5.74, 6) is -0.0435. The van der Waals surface area contributed by atoms with Crippen molar-refractivity contribution in [3.63, 3.8) is 0 Å². The molecule has 1 aromatic rings. The summed E-state index contributed by atoms with van der Waals surface area (Å²) in [6, 6.07) is 0.472. The van der Waals surface area contributed by atoms with Crippen LogP contribution in [0, 0.1) is 0 Å². The number of amides is 1. The number of carbonyl (C=O) groups is 1. The van der Waals surface area contributed by atoms with Crippen molar-refractivity contribution in [2.45, 2.75) is 42.9 Å². The third kappa shape index (κ3) is 3.50. The number of hydrogen-bond donors (Lipinski definition) is 3. The number of nitrogens with one attached hydrogen (secondary N) is 1. The molecule has 20 heavy (non-hydrogen) atoms. The quantitative estimate of drug-likeness (QED) is 0.582. The minimum Gasteiger partial charge on any atom is -0.394 e. The summed E-state index contributed by atoms with van der Waals surface area (Å²) < 4.78 is 1.99. The molecule has 112 valence electrons. The molecule has 0 unspecified atom stereocenters. The van der Waals surface area contributed by atoms with Crippen LogP contribution in [-0.2, 0) is 4.79 Å². The van der Waals surface area contributed by atoms with Gasteiger partial charge in [0, 0.05) is 6.04 Å². The van der Waals surface area contributed by atoms with Gasteiger partial charge in [-0.2, -0.15) is 0 Å². The Morgan fingerprint density at radius 3 is 2.80 bits per heavy atom. The van der Waals surface area contributed by atoms with Crippen molar-refractivity contribution in [1.29, 1.82) is 0 Å². The van der Waals surface area contributed by atoms with E-state index in [1.165, 1.54) is 11.8 Å². The van der Waals surface area contributed by atoms with Crippen LogP contribution in [0.4, 0.5) is 0 Å². The molecule has 0 spiro atoms. The molecule has 1 aliphatic carbocycles. The highest BCUT2D eigenvalue weighted by molar-refractivity contribution is 7.99. The molecule has 7 nitrogen and oxygen atoms in total. The number of aromatic nitrogens is 3. The third-order valence-electron chi connectivity index (χ3n) is 3.50. The standard InChI is InChI=1S/C12H20N4O3S/c1-2-12(6-17,7-18)14-10(19)5-20-11-15-13-8-16(11)9-3-4-9/h8-9,17-18H,2-7H2,1H3,(H,14,19). The Balaban J connectivity index is 1.87. The minimum atomic E-state index is -0.943. The summed E-state index contributed by atoms with van der Waals surface area (Å²) in [5, 5.41) is 29.9. The zero-order valence-electron chi connectivity index (χ0n) is 11.4. The Hall–Kier alpha value is -1.12. The first-order chi connectivity index (χ1) is 9.64. The molecule has 2 rings (SSSR count). The lowest BCUT2D eigenvalue weighted by molar-refractivity contribution is -0.121. The number of carbonyl (C=O) groups excluding carboxylic acids is 1. The van der Waals surface area contributed by atoms with Gasteiger partial charge < -0.3 is 20.1 Å². The van der Waals surface area contributed by atoms with Crippen LogP contribution in [-0.4, -0.2) is 55.4 Å². The average molecular weight is 300 g/mol. The van der Waals surface area contributed by atoms with E-state index in [0.29, 0.717) is 12.5 Å². The maximum absolute atomic E-state index is 11.9. The highest BCUT2D eigenvalue weighted by Crippen LogP contribution is 2.37. The van der Waals surface area contributed by atoms with Gasteiger partial charge in [-0.25, -0.2) is 0 Å². The molecular formula is C12H20N4O3S. The molecule has 1 saturated carbocycles. The van der Waals surface area contributed by atoms with Crippen LogP contribution in [0.15, 0.2) is 11.5 Å². The minimum absolute atomic E-state index is 0.188. The van der Waals surface area contributed by atoms with Crippen LogP contribution in [0.1, 0.15) is 32.2 Å². The molecule has 8 heteroatoms. The summed E-state index contributed by atoms with van der Waals surface area (Å²) in [7, 11) is 0. The fourth-order valence-corrected chi connectivity index (χ4v) is 2.62. The van der Waals surface area contributed by atoms with Crippen molar-refractivity contribution in [1.82, 2.24) is 20.1 Å². The lowest BCUT2D eigenvalue weighted by atomic mass is 9.99. The van der Waals surface area contributed by atoms with E-state index in [1.54, 1.807) is 6.33 Å². The van der Waals surface area contributed by atoms with Gasteiger partial charge in [0.15, 0.2) is 5.16 Å². The van der Waals surface area contributed by atoms with Crippen molar-refractivity contribution >= 4 is 17.7 Å². The SMILES string of the molecule is CCC(CO)(CO)NC(=O)CSc1nncn1C1CC1. The van der Waals surface area contributed by atoms with E-state index >= 15 is 0 Å². The predicted molar refractivity (Wildman–Crippen MR) is 74.4 cm³/mol. The zero-order valence-corrected chi connectivity index (χ0v) is 12.3. The normalized spacial score (nSPS) is 15.3. The van der Waals surface area contributed by atoms with Gasteiger partial charge in [0.05, 0.1) is 24.5 Å². The van der Waals surface area contributed by atoms with Crippen LogP contribution in [0.5, 0.6) is 0 Å². The second-order valence-corrected chi connectivity index (χ2v) is 5.98. The van der Waals surface area contributed by atoms with Gasteiger partial charge in [-0.3, -0.25) is 4.79 Å². The number of aliphatic hydroxyl groups excluding tert-OH is 2. The molecule has 1 fully saturated rings. The highest BCUT2D eigenvalue weighted by Gasteiger charge is 2.29. The molecule has 3 N–H and O–H groups in total. The monoisotopic (exact) mass is 300 g/mol. The van der Waals surface area contributed by atoms with E-state index in [2.05, 4.69) is 15.5 Å². The summed E-state index contributed by atoms with van der Waals surface area (Å²) in [6.45, 7) is 1.24. The number of hydrogen-bond acceptors (Lipinski definition) is 6. The average Bonchev–Trinajstić information content (AvgIpc) is 3.21. The Kier molecular flexibility index (Phi) is 5.00. The lowest BCUT2D eigenvalue weighted by Crippen LogP contribution is -2.54. The number of nitrogens with zero attached hydrogens (tertiary/aromatic N) is 3. The first-order valence-electron chi connectivity index (χ1n) is 6.69. The molecule has 0 aliphatic heterocycles. The first kappa shape index (κ1) is 15.3. The van der Waals surface area contributed by atoms with E-state index in [-0.39, 0.29) is 24.9 Å². The smallest absolute Gasteiger partial charge is 0.231 e. The van der Waals surface area contributed by atoms with Crippen molar-refractivity contribution < 1.29 is 15.0 Å². The summed E-state index contributed by atoms with van der Waals surface area (Å²) in [5.41, 5.74) is -0.943. The number of thioether (sulfide) groups is 1. The van der Waals surface area contributed by atoms with Gasteiger partial charge >= 0.3 is 0 Å². The number of rotatable bonds is 8. The molecule has 0 atom stereocenters. The molecule has 1 aromatic heterocycles. The summed E-state index contributed by atoms with van der Waals surface area (Å²) in [6.07, 6.45) is 4.42. The van der Waals surface area contributed by atoms with Crippen molar-refractivity contribution in [2.24, 2.45) is 0 Å². The van der Waals surface area contributed by atoms with Gasteiger partial charge in [0.2, 0.25) is 5.91 Å². The second kappa shape index (κ2) is 6.55. The Labute approximate surface area is 121 Å². The first-order valence-corrected chi connectivity index (χ1v) is 7.67. The molecule has 1 aliphatic rings. The topological polar surface area (TPSA) is 100 Å². The lowest BCUT2D eigenvalue weighted by Gasteiger charge is -2.29. The highest BCUT2D eigenvalue weighted by atomic mass is 32.2. The van der Waals surface area contributed by atoms with Crippen LogP contribution < -0.4 is 5.32 Å². The third-order valence-corrected chi connectivity index (χ3v) is 4.46. The molecule has 0 radical (unpaired) electrons. The van der Waals surface area contributed by atoms with E-state index in [0.717, 1.165) is 18.0 Å². The van der Waals surface area contributed by atoms with Gasteiger partial charge in [0.1, 0.15) is 6.33 Å². The van der Waals surface area contributed by atoms with Crippen LogP contribution in [0.25, 0.3) is 0 Å². The van der Waals surface area contributed by atoms with Crippen LogP contribution in [0.2, 0.25) is 0 Å². The van der Waals surface area contributed by atoms with Gasteiger partial charge in [-0.1, -0.05) is 18.7 Å². The summed E-state index contributed by atoms with van der Waals surface area (Å²) in [4.78, 5) is 11.9. The Bertz CT molecular complexity index is 449. The van der Waals surface area contributed by atoms with Crippen molar-refractivity contribution in [3.8, 4) is 0 Å². The maximum atomic E-state index is 11.9. The van der Waals surface area contributed by atoms with Gasteiger partial charge in [-0.15, -0.1) is 10.2 Å². The fraction of sp³-hybridized carbons (Fsp3) is 0.750. The van der Waals surface area contributed by atoms with Crippen molar-refractivity contribution in [3.05, 3.63) is 6.33 Å². The van der Waals surface area contributed by atoms with E-state index in [4.69, 9.17) is 0 Å². The zero-order chi connectivity index (χ0) is 14.6. The largest absolute Gasteiger partial charge is 0.394 e. The van der Waals surface area contributed by atoms with E-state index in [1.807, 2.05) is 11.5 Å². The van der Waals surface area contributed by atoms with Crippen LogP contribution in [0.3, 0.4) is 0 Å². The molecule has 0 aromatic carbocycles. The predicted octanol–water partition coefficient (Wildman–Crippen LogP) is -0.0453. The maximum Gasteiger partial charge on any atom is 0.231 e. The molecule has 1 amide bonds. The fourth-order valence-electron chi connectivity index (χ4n) is 1.84. The molecule has 1 heterocycles. The molecule has 0 saturated heterocycles. The Morgan fingerprint density at radius 1 is 1.55 bits per heavy atom. The van der Waals surface area contributed by atoms with Gasteiger partial charge in [0.25, 0.3) is 0 Å². The second-order valence-electron chi connectivity index (χ2n) is 5.04. The van der Waals surface area contributed by atoms with E-state index < -0.39 is 5.54 Å². The number of aliphatic hydroxyl groups is 2. The summed E-state index contributed by atoms with van der Waals surface area (Å²) >= 11 is 1.32. The van der Waals surface area contributed by atoms with Gasteiger partial charge in [-0.05, 0) is 19.3 Å². The van der Waals surface area contributed by atoms with Crippen LogP contribution >= 0.6 is 11.8 Å². The van der Waals surface area contributed by atoms with E-state index in [9.17, 15) is 15.0 Å². The Morgan fingerprint density at radius 2 is 2.25 bits per heavy atom. The molecule has 0 bridgehead atoms. The molecular weight excluding hydrogens is 280 g/mol. The van der Waals surface area contributed by atoms with Crippen molar-refractivity contribution in [2.75, 3.05) is 19.0 Å².